The Kier molecular flexibility index (Phi) is 11.9. The van der Waals surface area contributed by atoms with Crippen LogP contribution >= 0.6 is 35.0 Å². The topological polar surface area (TPSA) is 96.0 Å². The summed E-state index contributed by atoms with van der Waals surface area (Å²) < 4.78 is 34.8. The average molecular weight is 679 g/mol. The molecule has 0 radical (unpaired) electrons. The zero-order chi connectivity index (χ0) is 31.9. The van der Waals surface area contributed by atoms with E-state index in [1.54, 1.807) is 61.5 Å². The zero-order valence-corrected chi connectivity index (χ0v) is 28.1. The van der Waals surface area contributed by atoms with Crippen molar-refractivity contribution in [2.75, 3.05) is 23.7 Å². The first kappa shape index (κ1) is 34.0. The summed E-state index contributed by atoms with van der Waals surface area (Å²) in [5, 5.41) is 3.74. The number of carbonyl (C=O) groups is 2. The SMILES string of the molecule is CCOc1ccc(N(CC(=O)N(Cc2ccc(Cl)c(Cl)c2)[C@H](C)C(=O)NC2CCCC2)S(=O)(=O)c2ccc(SC)cc2)cc1. The summed E-state index contributed by atoms with van der Waals surface area (Å²) in [6.45, 7) is 3.44. The van der Waals surface area contributed by atoms with Gasteiger partial charge in [-0.25, -0.2) is 8.42 Å². The minimum absolute atomic E-state index is 0.0224. The highest BCUT2D eigenvalue weighted by Crippen LogP contribution is 2.29. The predicted molar refractivity (Wildman–Crippen MR) is 177 cm³/mol. The second kappa shape index (κ2) is 15.4. The van der Waals surface area contributed by atoms with Gasteiger partial charge in [-0.15, -0.1) is 11.8 Å². The summed E-state index contributed by atoms with van der Waals surface area (Å²) in [7, 11) is -4.19. The van der Waals surface area contributed by atoms with Gasteiger partial charge >= 0.3 is 0 Å². The number of anilines is 1. The van der Waals surface area contributed by atoms with Crippen molar-refractivity contribution < 1.29 is 22.7 Å². The van der Waals surface area contributed by atoms with E-state index in [0.29, 0.717) is 28.0 Å². The van der Waals surface area contributed by atoms with Crippen molar-refractivity contribution in [2.24, 2.45) is 0 Å². The first-order chi connectivity index (χ1) is 21.0. The van der Waals surface area contributed by atoms with Gasteiger partial charge < -0.3 is 15.0 Å². The van der Waals surface area contributed by atoms with Gasteiger partial charge in [-0.05, 0) is 99.2 Å². The molecule has 44 heavy (non-hydrogen) atoms. The standard InChI is InChI=1S/C32H37Cl2N3O5S2/c1-4-42-26-12-10-25(11-13-26)37(44(40,41)28-16-14-27(43-3)15-17-28)21-31(38)36(20-23-9-18-29(33)30(34)19-23)22(2)32(39)35-24-7-5-6-8-24/h9-19,22,24H,4-8,20-21H2,1-3H3,(H,35,39)/t22-/m1/s1. The van der Waals surface area contributed by atoms with Crippen LogP contribution in [-0.4, -0.2) is 56.6 Å². The quantitative estimate of drug-likeness (QED) is 0.200. The smallest absolute Gasteiger partial charge is 0.264 e. The van der Waals surface area contributed by atoms with Crippen LogP contribution in [-0.2, 0) is 26.2 Å². The predicted octanol–water partition coefficient (Wildman–Crippen LogP) is 6.79. The first-order valence-corrected chi connectivity index (χ1v) is 17.9. The van der Waals surface area contributed by atoms with E-state index in [9.17, 15) is 18.0 Å². The second-order valence-electron chi connectivity index (χ2n) is 10.6. The number of halogens is 2. The van der Waals surface area contributed by atoms with Gasteiger partial charge in [0.05, 0.1) is 27.2 Å². The first-order valence-electron chi connectivity index (χ1n) is 14.5. The van der Waals surface area contributed by atoms with Gasteiger partial charge in [-0.2, -0.15) is 0 Å². The largest absolute Gasteiger partial charge is 0.494 e. The Morgan fingerprint density at radius 2 is 1.66 bits per heavy atom. The van der Waals surface area contributed by atoms with E-state index in [-0.39, 0.29) is 29.1 Å². The third-order valence-electron chi connectivity index (χ3n) is 7.57. The van der Waals surface area contributed by atoms with Gasteiger partial charge in [0.15, 0.2) is 0 Å². The highest BCUT2D eigenvalue weighted by atomic mass is 35.5. The molecule has 12 heteroatoms. The Hall–Kier alpha value is -2.92. The van der Waals surface area contributed by atoms with Gasteiger partial charge in [-0.3, -0.25) is 13.9 Å². The minimum atomic E-state index is -4.19. The van der Waals surface area contributed by atoms with Crippen LogP contribution in [0.2, 0.25) is 10.0 Å². The molecule has 0 heterocycles. The van der Waals surface area contributed by atoms with Crippen LogP contribution in [0.1, 0.15) is 45.1 Å². The minimum Gasteiger partial charge on any atom is -0.494 e. The molecule has 4 rings (SSSR count). The highest BCUT2D eigenvalue weighted by Gasteiger charge is 2.33. The van der Waals surface area contributed by atoms with Crippen molar-refractivity contribution in [1.82, 2.24) is 10.2 Å². The third-order valence-corrected chi connectivity index (χ3v) is 10.8. The summed E-state index contributed by atoms with van der Waals surface area (Å²) in [4.78, 5) is 29.9. The number of sulfonamides is 1. The van der Waals surface area contributed by atoms with E-state index in [4.69, 9.17) is 27.9 Å². The Bertz CT molecular complexity index is 1550. The number of hydrogen-bond donors (Lipinski definition) is 1. The second-order valence-corrected chi connectivity index (χ2v) is 14.1. The Morgan fingerprint density at radius 1 is 1.00 bits per heavy atom. The Labute approximate surface area is 274 Å². The molecular formula is C32H37Cl2N3O5S2. The number of carbonyl (C=O) groups excluding carboxylic acids is 2. The molecule has 1 saturated carbocycles. The van der Waals surface area contributed by atoms with Gasteiger partial charge in [0.1, 0.15) is 18.3 Å². The van der Waals surface area contributed by atoms with Gasteiger partial charge in [0.25, 0.3) is 10.0 Å². The summed E-state index contributed by atoms with van der Waals surface area (Å²) in [6.07, 6.45) is 5.76. The van der Waals surface area contributed by atoms with Crippen LogP contribution in [0.5, 0.6) is 5.75 Å². The van der Waals surface area contributed by atoms with Crippen molar-refractivity contribution in [1.29, 1.82) is 0 Å². The molecule has 0 bridgehead atoms. The molecule has 1 N–H and O–H groups in total. The number of thioether (sulfide) groups is 1. The fourth-order valence-electron chi connectivity index (χ4n) is 5.09. The van der Waals surface area contributed by atoms with Crippen molar-refractivity contribution >= 4 is 62.5 Å². The molecule has 0 aromatic heterocycles. The fraction of sp³-hybridized carbons (Fsp3) is 0.375. The lowest BCUT2D eigenvalue weighted by molar-refractivity contribution is -0.139. The van der Waals surface area contributed by atoms with E-state index in [0.717, 1.165) is 34.9 Å². The van der Waals surface area contributed by atoms with Gasteiger partial charge in [0.2, 0.25) is 11.8 Å². The van der Waals surface area contributed by atoms with Crippen LogP contribution in [0.3, 0.4) is 0 Å². The molecule has 0 unspecified atom stereocenters. The molecule has 0 aliphatic heterocycles. The maximum atomic E-state index is 14.2. The molecule has 1 aliphatic carbocycles. The molecule has 0 spiro atoms. The van der Waals surface area contributed by atoms with E-state index in [2.05, 4.69) is 5.32 Å². The molecule has 1 atom stereocenters. The van der Waals surface area contributed by atoms with Crippen LogP contribution in [0.15, 0.2) is 76.5 Å². The zero-order valence-electron chi connectivity index (χ0n) is 25.0. The van der Waals surface area contributed by atoms with Crippen LogP contribution in [0.25, 0.3) is 0 Å². The molecule has 0 saturated heterocycles. The van der Waals surface area contributed by atoms with Crippen molar-refractivity contribution in [2.45, 2.75) is 68.0 Å². The van der Waals surface area contributed by atoms with E-state index in [1.165, 1.54) is 28.8 Å². The molecule has 3 aromatic carbocycles. The molecule has 1 aliphatic rings. The monoisotopic (exact) mass is 677 g/mol. The maximum Gasteiger partial charge on any atom is 0.264 e. The average Bonchev–Trinajstić information content (AvgIpc) is 3.53. The van der Waals surface area contributed by atoms with Crippen LogP contribution in [0, 0.1) is 0 Å². The lowest BCUT2D eigenvalue weighted by Gasteiger charge is -2.32. The molecule has 3 aromatic rings. The molecule has 2 amide bonds. The van der Waals surface area contributed by atoms with E-state index >= 15 is 0 Å². The third kappa shape index (κ3) is 8.41. The van der Waals surface area contributed by atoms with Gasteiger partial charge in [0, 0.05) is 17.5 Å². The number of amides is 2. The number of ether oxygens (including phenoxy) is 1. The molecule has 1 fully saturated rings. The summed E-state index contributed by atoms with van der Waals surface area (Å²) in [5.74, 6) is -0.278. The van der Waals surface area contributed by atoms with Crippen molar-refractivity contribution in [3.05, 3.63) is 82.3 Å². The lowest BCUT2D eigenvalue weighted by Crippen LogP contribution is -2.52. The van der Waals surface area contributed by atoms with E-state index in [1.807, 2.05) is 13.2 Å². The number of nitrogens with zero attached hydrogens (tertiary/aromatic N) is 2. The molecule has 8 nitrogen and oxygen atoms in total. The number of nitrogens with one attached hydrogen (secondary N) is 1. The van der Waals surface area contributed by atoms with Crippen molar-refractivity contribution in [3.63, 3.8) is 0 Å². The fourth-order valence-corrected chi connectivity index (χ4v) is 7.23. The number of benzene rings is 3. The summed E-state index contributed by atoms with van der Waals surface area (Å²) in [5.41, 5.74) is 0.935. The van der Waals surface area contributed by atoms with Crippen LogP contribution < -0.4 is 14.4 Å². The maximum absolute atomic E-state index is 14.2. The number of rotatable bonds is 13. The van der Waals surface area contributed by atoms with Crippen LogP contribution in [0.4, 0.5) is 5.69 Å². The molecule has 236 valence electrons. The lowest BCUT2D eigenvalue weighted by atomic mass is 10.1. The van der Waals surface area contributed by atoms with Gasteiger partial charge in [-0.1, -0.05) is 42.1 Å². The summed E-state index contributed by atoms with van der Waals surface area (Å²) in [6, 6.07) is 17.2. The normalized spacial score (nSPS) is 14.2. The molecular weight excluding hydrogens is 641 g/mol. The Morgan fingerprint density at radius 3 is 2.25 bits per heavy atom. The Balaban J connectivity index is 1.70. The summed E-state index contributed by atoms with van der Waals surface area (Å²) >= 11 is 13.9. The van der Waals surface area contributed by atoms with E-state index < -0.39 is 28.5 Å². The highest BCUT2D eigenvalue weighted by molar-refractivity contribution is 7.98. The van der Waals surface area contributed by atoms with Crippen molar-refractivity contribution in [3.8, 4) is 5.75 Å². The number of hydrogen-bond acceptors (Lipinski definition) is 6.